The lowest BCUT2D eigenvalue weighted by molar-refractivity contribution is 0.104. The summed E-state index contributed by atoms with van der Waals surface area (Å²) in [4.78, 5) is 12.4. The number of hydrogen-bond donors (Lipinski definition) is 0. The van der Waals surface area contributed by atoms with Gasteiger partial charge in [0.15, 0.2) is 5.78 Å². The van der Waals surface area contributed by atoms with Crippen LogP contribution in [0.2, 0.25) is 0 Å². The topological polar surface area (TPSA) is 35.5 Å². The lowest BCUT2D eigenvalue weighted by Crippen LogP contribution is -1.97. The van der Waals surface area contributed by atoms with Crippen LogP contribution >= 0.6 is 15.9 Å². The Morgan fingerprint density at radius 1 is 0.963 bits per heavy atom. The van der Waals surface area contributed by atoms with Crippen molar-refractivity contribution in [1.29, 1.82) is 0 Å². The van der Waals surface area contributed by atoms with Gasteiger partial charge in [0.2, 0.25) is 0 Å². The first-order chi connectivity index (χ1) is 13.2. The number of ketones is 1. The highest BCUT2D eigenvalue weighted by Gasteiger charge is 2.04. The summed E-state index contributed by atoms with van der Waals surface area (Å²) in [5.41, 5.74) is 2.54. The van der Waals surface area contributed by atoms with Gasteiger partial charge in [-0.2, -0.15) is 0 Å². The highest BCUT2D eigenvalue weighted by Crippen LogP contribution is 2.22. The first-order valence-corrected chi connectivity index (χ1v) is 9.28. The molecule has 3 aromatic carbocycles. The predicted octanol–water partition coefficient (Wildman–Crippen LogP) is 5.93. The van der Waals surface area contributed by atoms with E-state index < -0.39 is 0 Å². The van der Waals surface area contributed by atoms with E-state index in [1.807, 2.05) is 48.5 Å². The summed E-state index contributed by atoms with van der Waals surface area (Å²) in [5.74, 6) is 1.39. The number of benzene rings is 3. The summed E-state index contributed by atoms with van der Waals surface area (Å²) in [7, 11) is 1.60. The quantitative estimate of drug-likeness (QED) is 0.349. The molecule has 0 bridgehead atoms. The fraction of sp³-hybridized carbons (Fsp3) is 0.0870. The molecule has 4 heteroatoms. The van der Waals surface area contributed by atoms with Gasteiger partial charge in [0.05, 0.1) is 7.11 Å². The third-order valence-electron chi connectivity index (χ3n) is 4.02. The first-order valence-electron chi connectivity index (χ1n) is 8.48. The summed E-state index contributed by atoms with van der Waals surface area (Å²) in [5, 5.41) is 0. The fourth-order valence-electron chi connectivity index (χ4n) is 2.51. The van der Waals surface area contributed by atoms with Gasteiger partial charge in [-0.25, -0.2) is 0 Å². The molecule has 3 rings (SSSR count). The van der Waals surface area contributed by atoms with E-state index in [0.29, 0.717) is 12.2 Å². The Bertz CT molecular complexity index is 929. The van der Waals surface area contributed by atoms with Crippen LogP contribution in [-0.4, -0.2) is 12.9 Å². The minimum Gasteiger partial charge on any atom is -0.497 e. The lowest BCUT2D eigenvalue weighted by Gasteiger charge is -2.09. The molecule has 0 saturated heterocycles. The molecule has 0 radical (unpaired) electrons. The third kappa shape index (κ3) is 5.31. The van der Waals surface area contributed by atoms with Crippen molar-refractivity contribution in [3.8, 4) is 11.5 Å². The van der Waals surface area contributed by atoms with Gasteiger partial charge in [0, 0.05) is 15.6 Å². The van der Waals surface area contributed by atoms with Crippen LogP contribution in [0.25, 0.3) is 6.08 Å². The Labute approximate surface area is 167 Å². The van der Waals surface area contributed by atoms with Crippen LogP contribution in [0.1, 0.15) is 21.5 Å². The summed E-state index contributed by atoms with van der Waals surface area (Å²) in [6, 6.07) is 22.7. The molecule has 136 valence electrons. The Balaban J connectivity index is 1.69. The molecule has 0 aliphatic heterocycles. The second kappa shape index (κ2) is 9.19. The van der Waals surface area contributed by atoms with Crippen molar-refractivity contribution in [2.45, 2.75) is 6.61 Å². The van der Waals surface area contributed by atoms with Crippen molar-refractivity contribution >= 4 is 27.8 Å². The van der Waals surface area contributed by atoms with E-state index >= 15 is 0 Å². The van der Waals surface area contributed by atoms with E-state index in [2.05, 4.69) is 15.9 Å². The number of methoxy groups -OCH3 is 1. The fourth-order valence-corrected chi connectivity index (χ4v) is 2.77. The van der Waals surface area contributed by atoms with Crippen LogP contribution in [0.15, 0.2) is 83.3 Å². The van der Waals surface area contributed by atoms with E-state index in [-0.39, 0.29) is 5.78 Å². The van der Waals surface area contributed by atoms with Gasteiger partial charge in [-0.15, -0.1) is 0 Å². The molecule has 0 heterocycles. The van der Waals surface area contributed by atoms with Crippen LogP contribution in [-0.2, 0) is 6.61 Å². The SMILES string of the molecule is COc1ccc(C(=O)/C=C/c2ccccc2OCc2ccc(Br)cc2)cc1. The molecule has 3 nitrogen and oxygen atoms in total. The summed E-state index contributed by atoms with van der Waals surface area (Å²) < 4.78 is 12.1. The number of para-hydroxylation sites is 1. The number of hydrogen-bond acceptors (Lipinski definition) is 3. The molecule has 0 aliphatic rings. The Morgan fingerprint density at radius 3 is 2.37 bits per heavy atom. The van der Waals surface area contributed by atoms with Gasteiger partial charge in [-0.1, -0.05) is 46.3 Å². The summed E-state index contributed by atoms with van der Waals surface area (Å²) in [6.45, 7) is 0.463. The Morgan fingerprint density at radius 2 is 1.67 bits per heavy atom. The van der Waals surface area contributed by atoms with Gasteiger partial charge in [0.1, 0.15) is 18.1 Å². The predicted molar refractivity (Wildman–Crippen MR) is 111 cm³/mol. The van der Waals surface area contributed by atoms with Gasteiger partial charge in [-0.3, -0.25) is 4.79 Å². The van der Waals surface area contributed by atoms with Crippen molar-refractivity contribution in [2.75, 3.05) is 7.11 Å². The second-order valence-electron chi connectivity index (χ2n) is 5.88. The average molecular weight is 423 g/mol. The van der Waals surface area contributed by atoms with Gasteiger partial charge in [0.25, 0.3) is 0 Å². The van der Waals surface area contributed by atoms with Crippen LogP contribution in [0, 0.1) is 0 Å². The number of carbonyl (C=O) groups is 1. The number of carbonyl (C=O) groups excluding carboxylic acids is 1. The maximum Gasteiger partial charge on any atom is 0.185 e. The summed E-state index contributed by atoms with van der Waals surface area (Å²) in [6.07, 6.45) is 3.34. The second-order valence-corrected chi connectivity index (χ2v) is 6.79. The van der Waals surface area contributed by atoms with E-state index in [1.165, 1.54) is 0 Å². The zero-order valence-electron chi connectivity index (χ0n) is 14.9. The molecular formula is C23H19BrO3. The molecule has 3 aromatic rings. The smallest absolute Gasteiger partial charge is 0.185 e. The average Bonchev–Trinajstić information content (AvgIpc) is 2.72. The van der Waals surface area contributed by atoms with Gasteiger partial charge >= 0.3 is 0 Å². The molecule has 0 unspecified atom stereocenters. The Kier molecular flexibility index (Phi) is 6.44. The normalized spacial score (nSPS) is 10.7. The minimum atomic E-state index is -0.0691. The number of rotatable bonds is 7. The van der Waals surface area contributed by atoms with Crippen molar-refractivity contribution < 1.29 is 14.3 Å². The molecule has 0 N–H and O–H groups in total. The highest BCUT2D eigenvalue weighted by molar-refractivity contribution is 9.10. The van der Waals surface area contributed by atoms with Crippen LogP contribution in [0.5, 0.6) is 11.5 Å². The largest absolute Gasteiger partial charge is 0.497 e. The molecular weight excluding hydrogens is 404 g/mol. The molecule has 0 saturated carbocycles. The molecule has 27 heavy (non-hydrogen) atoms. The van der Waals surface area contributed by atoms with E-state index in [4.69, 9.17) is 9.47 Å². The number of ether oxygens (including phenoxy) is 2. The van der Waals surface area contributed by atoms with E-state index in [1.54, 1.807) is 43.5 Å². The zero-order chi connectivity index (χ0) is 19.1. The standard InChI is InChI=1S/C23H19BrO3/c1-26-21-13-8-18(9-14-21)22(25)15-10-19-4-2-3-5-23(19)27-16-17-6-11-20(24)12-7-17/h2-15H,16H2,1H3/b15-10+. The lowest BCUT2D eigenvalue weighted by atomic mass is 10.1. The minimum absolute atomic E-state index is 0.0691. The van der Waals surface area contributed by atoms with Gasteiger partial charge in [-0.05, 0) is 60.2 Å². The van der Waals surface area contributed by atoms with E-state index in [9.17, 15) is 4.79 Å². The first kappa shape index (κ1) is 18.9. The zero-order valence-corrected chi connectivity index (χ0v) is 16.5. The Hall–Kier alpha value is -2.85. The molecule has 0 amide bonds. The number of allylic oxidation sites excluding steroid dienone is 1. The molecule has 0 atom stereocenters. The monoisotopic (exact) mass is 422 g/mol. The third-order valence-corrected chi connectivity index (χ3v) is 4.54. The van der Waals surface area contributed by atoms with Crippen molar-refractivity contribution in [3.63, 3.8) is 0 Å². The van der Waals surface area contributed by atoms with Crippen molar-refractivity contribution in [3.05, 3.63) is 100 Å². The van der Waals surface area contributed by atoms with E-state index in [0.717, 1.165) is 27.1 Å². The molecule has 0 aromatic heterocycles. The molecule has 0 fully saturated rings. The molecule has 0 spiro atoms. The van der Waals surface area contributed by atoms with Crippen LogP contribution in [0.4, 0.5) is 0 Å². The van der Waals surface area contributed by atoms with Gasteiger partial charge < -0.3 is 9.47 Å². The maximum atomic E-state index is 12.4. The maximum absolute atomic E-state index is 12.4. The van der Waals surface area contributed by atoms with Crippen LogP contribution in [0.3, 0.4) is 0 Å². The van der Waals surface area contributed by atoms with Crippen molar-refractivity contribution in [2.24, 2.45) is 0 Å². The van der Waals surface area contributed by atoms with Crippen molar-refractivity contribution in [1.82, 2.24) is 0 Å². The number of halogens is 1. The van der Waals surface area contributed by atoms with Crippen LogP contribution < -0.4 is 9.47 Å². The molecule has 0 aliphatic carbocycles. The highest BCUT2D eigenvalue weighted by atomic mass is 79.9. The summed E-state index contributed by atoms with van der Waals surface area (Å²) >= 11 is 3.43.